The Labute approximate surface area is 93.3 Å². The predicted octanol–water partition coefficient (Wildman–Crippen LogP) is 2.76. The lowest BCUT2D eigenvalue weighted by Gasteiger charge is -2.21. The molecule has 0 saturated carbocycles. The molecule has 0 atom stereocenters. The fraction of sp³-hybridized carbons (Fsp3) is 0.417. The average molecular weight is 218 g/mol. The van der Waals surface area contributed by atoms with Crippen molar-refractivity contribution in [1.29, 1.82) is 0 Å². The van der Waals surface area contributed by atoms with Gasteiger partial charge in [-0.2, -0.15) is 0 Å². The summed E-state index contributed by atoms with van der Waals surface area (Å²) >= 11 is 1.86. The summed E-state index contributed by atoms with van der Waals surface area (Å²) in [6.45, 7) is 2.32. The Morgan fingerprint density at radius 3 is 3.00 bits per heavy atom. The molecular weight excluding hydrogens is 204 g/mol. The highest BCUT2D eigenvalue weighted by molar-refractivity contribution is 7.18. The quantitative estimate of drug-likeness (QED) is 0.796. The van der Waals surface area contributed by atoms with Crippen LogP contribution in [0.3, 0.4) is 0 Å². The lowest BCUT2D eigenvalue weighted by atomic mass is 9.96. The van der Waals surface area contributed by atoms with Gasteiger partial charge in [-0.05, 0) is 44.0 Å². The third kappa shape index (κ3) is 1.77. The highest BCUT2D eigenvalue weighted by atomic mass is 32.1. The maximum absolute atomic E-state index is 4.40. The second kappa shape index (κ2) is 3.91. The van der Waals surface area contributed by atoms with E-state index >= 15 is 0 Å². The van der Waals surface area contributed by atoms with Crippen LogP contribution in [0.15, 0.2) is 24.4 Å². The number of aromatic nitrogens is 1. The molecule has 1 saturated heterocycles. The Morgan fingerprint density at radius 1 is 1.33 bits per heavy atom. The maximum atomic E-state index is 4.40. The molecule has 1 N–H and O–H groups in total. The molecular formula is C12H14N2S. The number of nitrogens with zero attached hydrogens (tertiary/aromatic N) is 1. The van der Waals surface area contributed by atoms with Gasteiger partial charge in [-0.25, -0.2) is 4.98 Å². The number of nitrogens with one attached hydrogen (secondary N) is 1. The van der Waals surface area contributed by atoms with E-state index in [1.807, 2.05) is 23.6 Å². The number of hydrogen-bond acceptors (Lipinski definition) is 3. The van der Waals surface area contributed by atoms with Gasteiger partial charge in [0.15, 0.2) is 0 Å². The molecule has 78 valence electrons. The molecule has 0 bridgehead atoms. The van der Waals surface area contributed by atoms with Crippen LogP contribution in [0, 0.1) is 0 Å². The van der Waals surface area contributed by atoms with Crippen molar-refractivity contribution in [1.82, 2.24) is 10.3 Å². The first-order valence-corrected chi connectivity index (χ1v) is 6.30. The zero-order valence-electron chi connectivity index (χ0n) is 8.57. The van der Waals surface area contributed by atoms with Crippen LogP contribution < -0.4 is 5.32 Å². The standard InChI is InChI=1S/C12H14N2S/c1-2-10-8-11(15-12(10)14-5-1)9-3-6-13-7-4-9/h1-2,5,8-9,13H,3-4,6-7H2. The van der Waals surface area contributed by atoms with Crippen LogP contribution in [-0.2, 0) is 0 Å². The molecule has 0 radical (unpaired) electrons. The fourth-order valence-corrected chi connectivity index (χ4v) is 3.37. The van der Waals surface area contributed by atoms with Crippen molar-refractivity contribution in [2.75, 3.05) is 13.1 Å². The Bertz CT molecular complexity index is 424. The third-order valence-corrected chi connectivity index (χ3v) is 4.28. The molecule has 2 aromatic heterocycles. The minimum atomic E-state index is 0.755. The second-order valence-electron chi connectivity index (χ2n) is 4.07. The molecule has 0 amide bonds. The van der Waals surface area contributed by atoms with E-state index in [2.05, 4.69) is 22.4 Å². The minimum Gasteiger partial charge on any atom is -0.317 e. The molecule has 2 aromatic rings. The molecule has 0 spiro atoms. The van der Waals surface area contributed by atoms with Gasteiger partial charge in [0.25, 0.3) is 0 Å². The summed E-state index contributed by atoms with van der Waals surface area (Å²) < 4.78 is 0. The van der Waals surface area contributed by atoms with Crippen molar-refractivity contribution in [2.45, 2.75) is 18.8 Å². The van der Waals surface area contributed by atoms with Crippen LogP contribution in [0.2, 0.25) is 0 Å². The van der Waals surface area contributed by atoms with Crippen molar-refractivity contribution >= 4 is 21.6 Å². The first kappa shape index (κ1) is 9.31. The lowest BCUT2D eigenvalue weighted by molar-refractivity contribution is 0.465. The van der Waals surface area contributed by atoms with Crippen molar-refractivity contribution in [3.63, 3.8) is 0 Å². The average Bonchev–Trinajstić information content (AvgIpc) is 2.74. The van der Waals surface area contributed by atoms with Crippen LogP contribution >= 0.6 is 11.3 Å². The monoisotopic (exact) mass is 218 g/mol. The zero-order valence-corrected chi connectivity index (χ0v) is 9.39. The van der Waals surface area contributed by atoms with Gasteiger partial charge in [0.2, 0.25) is 0 Å². The molecule has 15 heavy (non-hydrogen) atoms. The molecule has 2 nitrogen and oxygen atoms in total. The smallest absolute Gasteiger partial charge is 0.123 e. The molecule has 1 aliphatic heterocycles. The van der Waals surface area contributed by atoms with Gasteiger partial charge in [-0.15, -0.1) is 11.3 Å². The van der Waals surface area contributed by atoms with E-state index in [1.54, 1.807) is 0 Å². The number of piperidine rings is 1. The van der Waals surface area contributed by atoms with Crippen molar-refractivity contribution in [3.05, 3.63) is 29.3 Å². The van der Waals surface area contributed by atoms with E-state index in [1.165, 1.54) is 27.9 Å². The topological polar surface area (TPSA) is 24.9 Å². The third-order valence-electron chi connectivity index (χ3n) is 3.05. The Balaban J connectivity index is 1.96. The SMILES string of the molecule is c1cnc2sc(C3CCNCC3)cc2c1. The van der Waals surface area contributed by atoms with Crippen LogP contribution in [0.25, 0.3) is 10.2 Å². The molecule has 1 aliphatic rings. The summed E-state index contributed by atoms with van der Waals surface area (Å²) in [5.74, 6) is 0.755. The van der Waals surface area contributed by atoms with Crippen LogP contribution in [0.5, 0.6) is 0 Å². The van der Waals surface area contributed by atoms with Gasteiger partial charge in [0.1, 0.15) is 4.83 Å². The van der Waals surface area contributed by atoms with E-state index in [0.717, 1.165) is 19.0 Å². The van der Waals surface area contributed by atoms with E-state index in [0.29, 0.717) is 0 Å². The molecule has 1 fully saturated rings. The fourth-order valence-electron chi connectivity index (χ4n) is 2.20. The van der Waals surface area contributed by atoms with E-state index in [9.17, 15) is 0 Å². The minimum absolute atomic E-state index is 0.755. The van der Waals surface area contributed by atoms with Crippen LogP contribution in [0.4, 0.5) is 0 Å². The summed E-state index contributed by atoms with van der Waals surface area (Å²) in [7, 11) is 0. The summed E-state index contributed by atoms with van der Waals surface area (Å²) in [6.07, 6.45) is 4.42. The number of fused-ring (bicyclic) bond motifs is 1. The Morgan fingerprint density at radius 2 is 2.20 bits per heavy atom. The van der Waals surface area contributed by atoms with Gasteiger partial charge in [-0.1, -0.05) is 6.07 Å². The largest absolute Gasteiger partial charge is 0.317 e. The molecule has 0 aromatic carbocycles. The Kier molecular flexibility index (Phi) is 2.43. The summed E-state index contributed by atoms with van der Waals surface area (Å²) in [4.78, 5) is 7.10. The van der Waals surface area contributed by atoms with Crippen molar-refractivity contribution in [3.8, 4) is 0 Å². The van der Waals surface area contributed by atoms with Crippen LogP contribution in [-0.4, -0.2) is 18.1 Å². The van der Waals surface area contributed by atoms with E-state index < -0.39 is 0 Å². The van der Waals surface area contributed by atoms with E-state index in [-0.39, 0.29) is 0 Å². The Hall–Kier alpha value is -0.930. The molecule has 3 heteroatoms. The predicted molar refractivity (Wildman–Crippen MR) is 64.5 cm³/mol. The molecule has 0 aliphatic carbocycles. The number of thiophene rings is 1. The maximum Gasteiger partial charge on any atom is 0.123 e. The lowest BCUT2D eigenvalue weighted by Crippen LogP contribution is -2.26. The van der Waals surface area contributed by atoms with Crippen LogP contribution in [0.1, 0.15) is 23.6 Å². The van der Waals surface area contributed by atoms with Gasteiger partial charge in [-0.3, -0.25) is 0 Å². The summed E-state index contributed by atoms with van der Waals surface area (Å²) in [6, 6.07) is 6.49. The number of rotatable bonds is 1. The summed E-state index contributed by atoms with van der Waals surface area (Å²) in [5, 5.41) is 4.71. The van der Waals surface area contributed by atoms with Crippen molar-refractivity contribution < 1.29 is 0 Å². The normalized spacial score (nSPS) is 18.4. The van der Waals surface area contributed by atoms with Gasteiger partial charge >= 0.3 is 0 Å². The summed E-state index contributed by atoms with van der Waals surface area (Å²) in [5.41, 5.74) is 0. The first-order chi connectivity index (χ1) is 7.43. The first-order valence-electron chi connectivity index (χ1n) is 5.49. The second-order valence-corrected chi connectivity index (χ2v) is 5.13. The van der Waals surface area contributed by atoms with Gasteiger partial charge < -0.3 is 5.32 Å². The van der Waals surface area contributed by atoms with Gasteiger partial charge in [0, 0.05) is 16.5 Å². The highest BCUT2D eigenvalue weighted by Gasteiger charge is 2.17. The zero-order chi connectivity index (χ0) is 10.1. The highest BCUT2D eigenvalue weighted by Crippen LogP contribution is 2.33. The number of hydrogen-bond donors (Lipinski definition) is 1. The molecule has 3 rings (SSSR count). The molecule has 0 unspecified atom stereocenters. The number of pyridine rings is 1. The van der Waals surface area contributed by atoms with Crippen molar-refractivity contribution in [2.24, 2.45) is 0 Å². The van der Waals surface area contributed by atoms with E-state index in [4.69, 9.17) is 0 Å². The molecule has 3 heterocycles. The van der Waals surface area contributed by atoms with Gasteiger partial charge in [0.05, 0.1) is 0 Å².